The Hall–Kier alpha value is -1.99. The number of thioether (sulfide) groups is 1. The van der Waals surface area contributed by atoms with Crippen molar-refractivity contribution in [3.8, 4) is 0 Å². The molecule has 130 valence electrons. The van der Waals surface area contributed by atoms with Crippen molar-refractivity contribution in [1.82, 2.24) is 5.32 Å². The van der Waals surface area contributed by atoms with E-state index in [1.54, 1.807) is 24.3 Å². The number of carbonyl (C=O) groups excluding carboxylic acids is 3. The maximum absolute atomic E-state index is 11.7. The SMILES string of the molecule is C=CCNC(=O)[C@H](C)OC(=O)CSCC(=O)Nc1ccc(Cl)cc1. The molecule has 2 N–H and O–H groups in total. The minimum absolute atomic E-state index is 0.0207. The van der Waals surface area contributed by atoms with Gasteiger partial charge in [-0.3, -0.25) is 14.4 Å². The molecule has 0 saturated carbocycles. The van der Waals surface area contributed by atoms with Crippen LogP contribution in [0.1, 0.15) is 6.92 Å². The lowest BCUT2D eigenvalue weighted by atomic mass is 10.3. The summed E-state index contributed by atoms with van der Waals surface area (Å²) >= 11 is 6.86. The summed E-state index contributed by atoms with van der Waals surface area (Å²) in [5, 5.41) is 5.79. The van der Waals surface area contributed by atoms with E-state index in [0.717, 1.165) is 11.8 Å². The predicted molar refractivity (Wildman–Crippen MR) is 96.2 cm³/mol. The molecule has 0 aromatic heterocycles. The van der Waals surface area contributed by atoms with Gasteiger partial charge in [-0.15, -0.1) is 18.3 Å². The van der Waals surface area contributed by atoms with Gasteiger partial charge in [-0.25, -0.2) is 0 Å². The first kappa shape index (κ1) is 20.1. The van der Waals surface area contributed by atoms with E-state index in [1.165, 1.54) is 13.0 Å². The van der Waals surface area contributed by atoms with Gasteiger partial charge in [0.25, 0.3) is 5.91 Å². The van der Waals surface area contributed by atoms with Crippen molar-refractivity contribution in [1.29, 1.82) is 0 Å². The van der Waals surface area contributed by atoms with Crippen LogP contribution in [-0.2, 0) is 19.1 Å². The molecular weight excluding hydrogens is 352 g/mol. The smallest absolute Gasteiger partial charge is 0.316 e. The van der Waals surface area contributed by atoms with Crippen LogP contribution < -0.4 is 10.6 Å². The molecule has 0 aliphatic heterocycles. The summed E-state index contributed by atoms with van der Waals surface area (Å²) in [6.07, 6.45) is 0.641. The lowest BCUT2D eigenvalue weighted by Gasteiger charge is -2.12. The van der Waals surface area contributed by atoms with Crippen molar-refractivity contribution in [2.45, 2.75) is 13.0 Å². The van der Waals surface area contributed by atoms with Gasteiger partial charge in [0.05, 0.1) is 11.5 Å². The Kier molecular flexibility index (Phi) is 8.96. The van der Waals surface area contributed by atoms with E-state index >= 15 is 0 Å². The molecule has 1 rings (SSSR count). The van der Waals surface area contributed by atoms with Crippen LogP contribution >= 0.6 is 23.4 Å². The lowest BCUT2D eigenvalue weighted by molar-refractivity contribution is -0.152. The second kappa shape index (κ2) is 10.7. The highest BCUT2D eigenvalue weighted by atomic mass is 35.5. The molecule has 0 saturated heterocycles. The fourth-order valence-corrected chi connectivity index (χ4v) is 2.28. The highest BCUT2D eigenvalue weighted by Crippen LogP contribution is 2.14. The molecule has 1 atom stereocenters. The topological polar surface area (TPSA) is 84.5 Å². The molecule has 0 aliphatic carbocycles. The second-order valence-corrected chi connectivity index (χ2v) is 6.14. The van der Waals surface area contributed by atoms with Crippen LogP contribution in [-0.4, -0.2) is 41.9 Å². The van der Waals surface area contributed by atoms with Gasteiger partial charge in [0, 0.05) is 17.3 Å². The Balaban J connectivity index is 2.24. The average Bonchev–Trinajstić information content (AvgIpc) is 2.54. The first-order valence-corrected chi connectivity index (χ1v) is 8.67. The quantitative estimate of drug-likeness (QED) is 0.514. The molecule has 0 bridgehead atoms. The number of anilines is 1. The Bertz CT molecular complexity index is 592. The largest absolute Gasteiger partial charge is 0.452 e. The number of nitrogens with one attached hydrogen (secondary N) is 2. The van der Waals surface area contributed by atoms with Gasteiger partial charge in [-0.2, -0.15) is 0 Å². The van der Waals surface area contributed by atoms with Crippen molar-refractivity contribution in [3.63, 3.8) is 0 Å². The number of carbonyl (C=O) groups is 3. The van der Waals surface area contributed by atoms with Crippen LogP contribution in [0, 0.1) is 0 Å². The van der Waals surface area contributed by atoms with Crippen LogP contribution in [0.2, 0.25) is 5.02 Å². The van der Waals surface area contributed by atoms with Gasteiger partial charge in [0.2, 0.25) is 5.91 Å². The van der Waals surface area contributed by atoms with Crippen LogP contribution in [0.25, 0.3) is 0 Å². The van der Waals surface area contributed by atoms with E-state index in [-0.39, 0.29) is 17.4 Å². The Morgan fingerprint density at radius 1 is 1.29 bits per heavy atom. The number of hydrogen-bond donors (Lipinski definition) is 2. The van der Waals surface area contributed by atoms with Gasteiger partial charge >= 0.3 is 5.97 Å². The van der Waals surface area contributed by atoms with Crippen molar-refractivity contribution in [2.24, 2.45) is 0 Å². The molecule has 2 amide bonds. The van der Waals surface area contributed by atoms with Crippen molar-refractivity contribution in [3.05, 3.63) is 41.9 Å². The van der Waals surface area contributed by atoms with Crippen LogP contribution in [0.3, 0.4) is 0 Å². The number of ether oxygens (including phenoxy) is 1. The van der Waals surface area contributed by atoms with E-state index in [4.69, 9.17) is 16.3 Å². The Morgan fingerprint density at radius 2 is 1.96 bits per heavy atom. The molecule has 6 nitrogen and oxygen atoms in total. The molecule has 0 fully saturated rings. The second-order valence-electron chi connectivity index (χ2n) is 4.71. The fourth-order valence-electron chi connectivity index (χ4n) is 1.56. The summed E-state index contributed by atoms with van der Waals surface area (Å²) in [5.74, 6) is -1.12. The third-order valence-electron chi connectivity index (χ3n) is 2.68. The van der Waals surface area contributed by atoms with Crippen molar-refractivity contribution in [2.75, 3.05) is 23.4 Å². The molecule has 0 spiro atoms. The molecule has 8 heteroatoms. The molecule has 24 heavy (non-hydrogen) atoms. The lowest BCUT2D eigenvalue weighted by Crippen LogP contribution is -2.36. The van der Waals surface area contributed by atoms with Crippen molar-refractivity contribution >= 4 is 46.8 Å². The van der Waals surface area contributed by atoms with E-state index in [1.807, 2.05) is 0 Å². The number of rotatable bonds is 9. The average molecular weight is 371 g/mol. The molecule has 0 radical (unpaired) electrons. The highest BCUT2D eigenvalue weighted by Gasteiger charge is 2.17. The first-order chi connectivity index (χ1) is 11.4. The van der Waals surface area contributed by atoms with Gasteiger partial charge in [-0.1, -0.05) is 17.7 Å². The molecule has 0 unspecified atom stereocenters. The van der Waals surface area contributed by atoms with E-state index in [0.29, 0.717) is 17.3 Å². The number of amides is 2. The monoisotopic (exact) mass is 370 g/mol. The highest BCUT2D eigenvalue weighted by molar-refractivity contribution is 8.00. The minimum atomic E-state index is -0.888. The van der Waals surface area contributed by atoms with Crippen LogP contribution in [0.5, 0.6) is 0 Å². The summed E-state index contributed by atoms with van der Waals surface area (Å²) in [7, 11) is 0. The summed E-state index contributed by atoms with van der Waals surface area (Å²) in [5.41, 5.74) is 0.625. The molecule has 1 aromatic rings. The van der Waals surface area contributed by atoms with Crippen LogP contribution in [0.4, 0.5) is 5.69 Å². The van der Waals surface area contributed by atoms with Gasteiger partial charge in [0.1, 0.15) is 0 Å². The first-order valence-electron chi connectivity index (χ1n) is 7.13. The van der Waals surface area contributed by atoms with Crippen LogP contribution in [0.15, 0.2) is 36.9 Å². The zero-order valence-electron chi connectivity index (χ0n) is 13.2. The summed E-state index contributed by atoms with van der Waals surface area (Å²) in [6.45, 7) is 5.26. The summed E-state index contributed by atoms with van der Waals surface area (Å²) in [4.78, 5) is 34.9. The van der Waals surface area contributed by atoms with E-state index in [9.17, 15) is 14.4 Å². The zero-order chi connectivity index (χ0) is 17.9. The molecule has 1 aromatic carbocycles. The predicted octanol–water partition coefficient (Wildman–Crippen LogP) is 2.25. The summed E-state index contributed by atoms with van der Waals surface area (Å²) < 4.78 is 4.97. The third kappa shape index (κ3) is 8.03. The Morgan fingerprint density at radius 3 is 2.58 bits per heavy atom. The number of benzene rings is 1. The normalized spacial score (nSPS) is 11.2. The number of esters is 1. The van der Waals surface area contributed by atoms with E-state index in [2.05, 4.69) is 17.2 Å². The third-order valence-corrected chi connectivity index (χ3v) is 3.84. The maximum atomic E-state index is 11.7. The standard InChI is InChI=1S/C16H19ClN2O4S/c1-3-8-18-16(22)11(2)23-15(21)10-24-9-14(20)19-13-6-4-12(17)5-7-13/h3-7,11H,1,8-10H2,2H3,(H,18,22)(H,19,20)/t11-/m0/s1. The fraction of sp³-hybridized carbons (Fsp3) is 0.312. The Labute approximate surface area is 150 Å². The molecule has 0 aliphatic rings. The van der Waals surface area contributed by atoms with Gasteiger partial charge in [-0.05, 0) is 31.2 Å². The minimum Gasteiger partial charge on any atom is -0.452 e. The molecular formula is C16H19ClN2O4S. The number of halogens is 1. The van der Waals surface area contributed by atoms with Gasteiger partial charge in [0.15, 0.2) is 6.10 Å². The zero-order valence-corrected chi connectivity index (χ0v) is 14.8. The summed E-state index contributed by atoms with van der Waals surface area (Å²) in [6, 6.07) is 6.70. The maximum Gasteiger partial charge on any atom is 0.316 e. The molecule has 0 heterocycles. The van der Waals surface area contributed by atoms with Gasteiger partial charge < -0.3 is 15.4 Å². The van der Waals surface area contributed by atoms with E-state index < -0.39 is 18.0 Å². The number of hydrogen-bond acceptors (Lipinski definition) is 5. The van der Waals surface area contributed by atoms with Crippen molar-refractivity contribution < 1.29 is 19.1 Å².